The molecular formula is C48H79NO5. The minimum absolute atomic E-state index is 0.108. The SMILES string of the molecule is CC/C=C\C/C=C\C/C=C\C/C=C\C(CCCCCCCC(=O)NCC(=O)O)OC(=O)CCCCCCCC/C=C\C/C=C\C/C=C\CCCCCCC. The molecule has 0 aromatic carbocycles. The van der Waals surface area contributed by atoms with E-state index in [1.807, 2.05) is 6.08 Å². The second kappa shape index (κ2) is 42.3. The molecule has 1 atom stereocenters. The zero-order valence-corrected chi connectivity index (χ0v) is 34.5. The van der Waals surface area contributed by atoms with Crippen molar-refractivity contribution in [1.82, 2.24) is 5.32 Å². The molecule has 0 bridgehead atoms. The predicted octanol–water partition coefficient (Wildman–Crippen LogP) is 13.6. The van der Waals surface area contributed by atoms with Crippen LogP contribution in [-0.2, 0) is 19.1 Å². The number of carbonyl (C=O) groups excluding carboxylic acids is 2. The first-order valence-corrected chi connectivity index (χ1v) is 21.7. The highest BCUT2D eigenvalue weighted by molar-refractivity contribution is 5.80. The summed E-state index contributed by atoms with van der Waals surface area (Å²) < 4.78 is 5.91. The molecule has 6 heteroatoms. The number of carboxylic acids is 1. The second-order valence-electron chi connectivity index (χ2n) is 14.2. The van der Waals surface area contributed by atoms with Gasteiger partial charge in [-0.2, -0.15) is 0 Å². The summed E-state index contributed by atoms with van der Waals surface area (Å²) in [5, 5.41) is 11.1. The van der Waals surface area contributed by atoms with Crippen molar-refractivity contribution in [1.29, 1.82) is 0 Å². The van der Waals surface area contributed by atoms with E-state index in [-0.39, 0.29) is 24.5 Å². The van der Waals surface area contributed by atoms with Crippen LogP contribution in [0.5, 0.6) is 0 Å². The Morgan fingerprint density at radius 3 is 1.50 bits per heavy atom. The summed E-state index contributed by atoms with van der Waals surface area (Å²) in [4.78, 5) is 35.0. The molecule has 2 N–H and O–H groups in total. The van der Waals surface area contributed by atoms with Gasteiger partial charge in [0, 0.05) is 12.8 Å². The van der Waals surface area contributed by atoms with Crippen LogP contribution in [0.1, 0.15) is 187 Å². The highest BCUT2D eigenvalue weighted by Crippen LogP contribution is 2.15. The summed E-state index contributed by atoms with van der Waals surface area (Å²) in [7, 11) is 0. The van der Waals surface area contributed by atoms with Gasteiger partial charge in [0.1, 0.15) is 12.6 Å². The molecule has 0 aliphatic carbocycles. The third-order valence-corrected chi connectivity index (χ3v) is 9.04. The van der Waals surface area contributed by atoms with Crippen LogP contribution in [0.3, 0.4) is 0 Å². The van der Waals surface area contributed by atoms with Gasteiger partial charge in [-0.25, -0.2) is 0 Å². The summed E-state index contributed by atoms with van der Waals surface area (Å²) in [6, 6.07) is 0. The average Bonchev–Trinajstić information content (AvgIpc) is 3.16. The summed E-state index contributed by atoms with van der Waals surface area (Å²) in [5.41, 5.74) is 0. The van der Waals surface area contributed by atoms with E-state index in [9.17, 15) is 14.4 Å². The molecule has 0 aromatic rings. The van der Waals surface area contributed by atoms with Crippen LogP contribution >= 0.6 is 0 Å². The molecule has 306 valence electrons. The van der Waals surface area contributed by atoms with E-state index in [1.165, 1.54) is 57.8 Å². The van der Waals surface area contributed by atoms with Gasteiger partial charge in [0.05, 0.1) is 0 Å². The fraction of sp³-hybridized carbons (Fsp3) is 0.646. The van der Waals surface area contributed by atoms with Gasteiger partial charge in [-0.1, -0.05) is 163 Å². The standard InChI is InChI=1S/C48H79NO5/c1-3-5-7-9-11-13-15-16-17-18-19-20-21-22-23-24-26-28-30-35-39-43-48(53)54-45(40-36-32-29-27-25-14-12-10-8-6-4-2)41-37-33-31-34-38-42-46(50)49-44-47(51)52/h6,8,12,14-16,18-19,21-22,27,29,36,40,45H,3-5,7,9-11,13,17,20,23-26,28,30-35,37-39,41-44H2,1-2H3,(H,49,50)(H,51,52)/b8-6-,14-12-,16-15-,19-18-,22-21-,29-27-,40-36-. The van der Waals surface area contributed by atoms with Crippen LogP contribution in [0.2, 0.25) is 0 Å². The molecule has 0 spiro atoms. The first-order chi connectivity index (χ1) is 26.5. The maximum atomic E-state index is 12.7. The van der Waals surface area contributed by atoms with Crippen molar-refractivity contribution in [2.24, 2.45) is 0 Å². The van der Waals surface area contributed by atoms with Crippen LogP contribution < -0.4 is 5.32 Å². The number of hydrogen-bond donors (Lipinski definition) is 2. The number of esters is 1. The highest BCUT2D eigenvalue weighted by Gasteiger charge is 2.11. The lowest BCUT2D eigenvalue weighted by molar-refractivity contribution is -0.147. The number of nitrogens with one attached hydrogen (secondary N) is 1. The Balaban J connectivity index is 4.25. The summed E-state index contributed by atoms with van der Waals surface area (Å²) in [5.74, 6) is -1.35. The maximum Gasteiger partial charge on any atom is 0.322 e. The topological polar surface area (TPSA) is 92.7 Å². The third kappa shape index (κ3) is 41.3. The van der Waals surface area contributed by atoms with Gasteiger partial charge in [-0.15, -0.1) is 0 Å². The van der Waals surface area contributed by atoms with Gasteiger partial charge in [0.25, 0.3) is 0 Å². The minimum atomic E-state index is -1.03. The Morgan fingerprint density at radius 2 is 0.963 bits per heavy atom. The molecule has 0 aromatic heterocycles. The van der Waals surface area contributed by atoms with Crippen molar-refractivity contribution in [2.45, 2.75) is 193 Å². The smallest absolute Gasteiger partial charge is 0.322 e. The number of amides is 1. The number of unbranched alkanes of at least 4 members (excludes halogenated alkanes) is 15. The Hall–Kier alpha value is -3.41. The first-order valence-electron chi connectivity index (χ1n) is 21.7. The fourth-order valence-electron chi connectivity index (χ4n) is 5.84. The zero-order chi connectivity index (χ0) is 39.4. The summed E-state index contributed by atoms with van der Waals surface area (Å²) in [6.45, 7) is 4.07. The number of aliphatic carboxylic acids is 1. The van der Waals surface area contributed by atoms with E-state index in [1.54, 1.807) is 0 Å². The van der Waals surface area contributed by atoms with Crippen LogP contribution in [-0.4, -0.2) is 35.6 Å². The molecular weight excluding hydrogens is 671 g/mol. The molecule has 6 nitrogen and oxygen atoms in total. The van der Waals surface area contributed by atoms with Crippen molar-refractivity contribution in [3.8, 4) is 0 Å². The molecule has 1 amide bonds. The number of carbonyl (C=O) groups is 3. The van der Waals surface area contributed by atoms with Crippen LogP contribution in [0.4, 0.5) is 0 Å². The van der Waals surface area contributed by atoms with Gasteiger partial charge in [-0.3, -0.25) is 14.4 Å². The van der Waals surface area contributed by atoms with Crippen molar-refractivity contribution in [3.63, 3.8) is 0 Å². The van der Waals surface area contributed by atoms with Crippen molar-refractivity contribution in [2.75, 3.05) is 6.54 Å². The van der Waals surface area contributed by atoms with E-state index >= 15 is 0 Å². The van der Waals surface area contributed by atoms with Gasteiger partial charge in [-0.05, 0) is 96.0 Å². The van der Waals surface area contributed by atoms with Crippen LogP contribution in [0, 0.1) is 0 Å². The Morgan fingerprint density at radius 1 is 0.519 bits per heavy atom. The highest BCUT2D eigenvalue weighted by atomic mass is 16.5. The van der Waals surface area contributed by atoms with Crippen molar-refractivity contribution in [3.05, 3.63) is 85.1 Å². The Labute approximate surface area is 331 Å². The lowest BCUT2D eigenvalue weighted by atomic mass is 10.1. The molecule has 1 unspecified atom stereocenters. The molecule has 0 aliphatic heterocycles. The molecule has 54 heavy (non-hydrogen) atoms. The van der Waals surface area contributed by atoms with Crippen molar-refractivity contribution < 1.29 is 24.2 Å². The molecule has 0 radical (unpaired) electrons. The largest absolute Gasteiger partial charge is 0.480 e. The quantitative estimate of drug-likeness (QED) is 0.0372. The van der Waals surface area contributed by atoms with Gasteiger partial charge in [0.15, 0.2) is 0 Å². The zero-order valence-electron chi connectivity index (χ0n) is 34.5. The lowest BCUT2D eigenvalue weighted by Crippen LogP contribution is -2.28. The second-order valence-corrected chi connectivity index (χ2v) is 14.2. The molecule has 0 saturated heterocycles. The average molecular weight is 750 g/mol. The number of hydrogen-bond acceptors (Lipinski definition) is 4. The van der Waals surface area contributed by atoms with Crippen LogP contribution in [0.15, 0.2) is 85.1 Å². The first kappa shape index (κ1) is 50.6. The molecule has 0 fully saturated rings. The Bertz CT molecular complexity index is 1100. The summed E-state index contributed by atoms with van der Waals surface area (Å²) in [6.07, 6.45) is 58.7. The van der Waals surface area contributed by atoms with Gasteiger partial charge >= 0.3 is 11.9 Å². The predicted molar refractivity (Wildman–Crippen MR) is 231 cm³/mol. The molecule has 0 rings (SSSR count). The van der Waals surface area contributed by atoms with Crippen molar-refractivity contribution >= 4 is 17.8 Å². The number of carboxylic acid groups (broad SMARTS) is 1. The van der Waals surface area contributed by atoms with E-state index in [0.29, 0.717) is 12.8 Å². The molecule has 0 aliphatic rings. The number of ether oxygens (including phenoxy) is 1. The maximum absolute atomic E-state index is 12.7. The fourth-order valence-corrected chi connectivity index (χ4v) is 5.84. The van der Waals surface area contributed by atoms with Crippen LogP contribution in [0.25, 0.3) is 0 Å². The Kier molecular flexibility index (Phi) is 39.7. The lowest BCUT2D eigenvalue weighted by Gasteiger charge is -2.14. The van der Waals surface area contributed by atoms with E-state index in [0.717, 1.165) is 103 Å². The summed E-state index contributed by atoms with van der Waals surface area (Å²) >= 11 is 0. The van der Waals surface area contributed by atoms with Gasteiger partial charge < -0.3 is 15.2 Å². The molecule has 0 heterocycles. The third-order valence-electron chi connectivity index (χ3n) is 9.04. The van der Waals surface area contributed by atoms with E-state index < -0.39 is 5.97 Å². The van der Waals surface area contributed by atoms with E-state index in [2.05, 4.69) is 98.2 Å². The normalized spacial score (nSPS) is 12.9. The monoisotopic (exact) mass is 750 g/mol. The number of allylic oxidation sites excluding steroid dienone is 13. The number of rotatable bonds is 38. The van der Waals surface area contributed by atoms with Gasteiger partial charge in [0.2, 0.25) is 5.91 Å². The van der Waals surface area contributed by atoms with E-state index in [4.69, 9.17) is 9.84 Å². The minimum Gasteiger partial charge on any atom is -0.480 e. The molecule has 0 saturated carbocycles.